The lowest BCUT2D eigenvalue weighted by Gasteiger charge is -2.07. The Balaban J connectivity index is 2.39. The second-order valence-electron chi connectivity index (χ2n) is 4.11. The first-order valence-electron chi connectivity index (χ1n) is 5.75. The third-order valence-electron chi connectivity index (χ3n) is 2.79. The normalized spacial score (nSPS) is 10.2. The summed E-state index contributed by atoms with van der Waals surface area (Å²) in [6, 6.07) is 11.3. The van der Waals surface area contributed by atoms with Gasteiger partial charge in [0.1, 0.15) is 11.6 Å². The summed E-state index contributed by atoms with van der Waals surface area (Å²) in [5.41, 5.74) is 1.65. The van der Waals surface area contributed by atoms with E-state index in [1.165, 1.54) is 12.1 Å². The summed E-state index contributed by atoms with van der Waals surface area (Å²) in [5.74, 6) is -0.627. The maximum Gasteiger partial charge on any atom is 0.307 e. The highest BCUT2D eigenvalue weighted by molar-refractivity contribution is 5.72. The van der Waals surface area contributed by atoms with Crippen molar-refractivity contribution >= 4 is 5.97 Å². The predicted octanol–water partition coefficient (Wildman–Crippen LogP) is 3.13. The molecule has 0 aliphatic heterocycles. The molecule has 0 saturated carbocycles. The van der Waals surface area contributed by atoms with Crippen molar-refractivity contribution in [2.75, 3.05) is 7.11 Å². The van der Waals surface area contributed by atoms with Gasteiger partial charge in [-0.15, -0.1) is 0 Å². The summed E-state index contributed by atoms with van der Waals surface area (Å²) in [6.45, 7) is 0. The van der Waals surface area contributed by atoms with Crippen LogP contribution >= 0.6 is 0 Å². The first kappa shape index (κ1) is 13.1. The second kappa shape index (κ2) is 5.52. The van der Waals surface area contributed by atoms with Crippen LogP contribution in [0.1, 0.15) is 5.56 Å². The summed E-state index contributed by atoms with van der Waals surface area (Å²) < 4.78 is 18.8. The molecule has 0 atom stereocenters. The molecule has 0 aliphatic carbocycles. The van der Waals surface area contributed by atoms with E-state index in [0.29, 0.717) is 22.4 Å². The van der Waals surface area contributed by atoms with Crippen LogP contribution in [0.3, 0.4) is 0 Å². The molecule has 1 N–H and O–H groups in total. The van der Waals surface area contributed by atoms with E-state index in [1.807, 2.05) is 0 Å². The van der Waals surface area contributed by atoms with Gasteiger partial charge in [-0.05, 0) is 35.4 Å². The highest BCUT2D eigenvalue weighted by Crippen LogP contribution is 2.26. The Kier molecular flexibility index (Phi) is 3.80. The van der Waals surface area contributed by atoms with Crippen LogP contribution in [0.15, 0.2) is 42.5 Å². The average molecular weight is 260 g/mol. The number of aliphatic carboxylic acids is 1. The van der Waals surface area contributed by atoms with E-state index in [9.17, 15) is 9.18 Å². The highest BCUT2D eigenvalue weighted by atomic mass is 19.1. The first-order chi connectivity index (χ1) is 9.10. The Morgan fingerprint density at radius 1 is 1.21 bits per heavy atom. The minimum absolute atomic E-state index is 0.122. The summed E-state index contributed by atoms with van der Waals surface area (Å²) in [5, 5.41) is 8.76. The quantitative estimate of drug-likeness (QED) is 0.918. The van der Waals surface area contributed by atoms with E-state index in [1.54, 1.807) is 37.4 Å². The fourth-order valence-corrected chi connectivity index (χ4v) is 1.85. The molecule has 0 aliphatic rings. The van der Waals surface area contributed by atoms with Gasteiger partial charge in [-0.25, -0.2) is 4.39 Å². The first-order valence-corrected chi connectivity index (χ1v) is 5.75. The van der Waals surface area contributed by atoms with Gasteiger partial charge < -0.3 is 9.84 Å². The molecule has 0 bridgehead atoms. The van der Waals surface area contributed by atoms with Crippen molar-refractivity contribution in [3.05, 3.63) is 53.8 Å². The molecule has 2 aromatic rings. The second-order valence-corrected chi connectivity index (χ2v) is 4.11. The molecule has 0 heterocycles. The predicted molar refractivity (Wildman–Crippen MR) is 69.7 cm³/mol. The van der Waals surface area contributed by atoms with Gasteiger partial charge in [-0.2, -0.15) is 0 Å². The zero-order valence-electron chi connectivity index (χ0n) is 10.4. The van der Waals surface area contributed by atoms with Crippen molar-refractivity contribution in [3.8, 4) is 16.9 Å². The van der Waals surface area contributed by atoms with Crippen molar-refractivity contribution in [1.29, 1.82) is 0 Å². The van der Waals surface area contributed by atoms with Crippen LogP contribution in [-0.4, -0.2) is 18.2 Å². The van der Waals surface area contributed by atoms with Crippen LogP contribution in [0.5, 0.6) is 5.75 Å². The number of ether oxygens (including phenoxy) is 1. The molecule has 0 unspecified atom stereocenters. The van der Waals surface area contributed by atoms with E-state index in [2.05, 4.69) is 0 Å². The van der Waals surface area contributed by atoms with Gasteiger partial charge in [0.25, 0.3) is 0 Å². The molecule has 0 spiro atoms. The summed E-state index contributed by atoms with van der Waals surface area (Å²) in [4.78, 5) is 10.7. The molecule has 2 aromatic carbocycles. The van der Waals surface area contributed by atoms with E-state index >= 15 is 0 Å². The third kappa shape index (κ3) is 3.10. The number of carbonyl (C=O) groups is 1. The molecule has 0 radical (unpaired) electrons. The van der Waals surface area contributed by atoms with Gasteiger partial charge in [0.05, 0.1) is 13.5 Å². The van der Waals surface area contributed by atoms with E-state index in [-0.39, 0.29) is 12.2 Å². The summed E-state index contributed by atoms with van der Waals surface area (Å²) >= 11 is 0. The van der Waals surface area contributed by atoms with Crippen LogP contribution in [0.25, 0.3) is 11.1 Å². The Hall–Kier alpha value is -2.36. The number of halogens is 1. The molecular weight excluding hydrogens is 247 g/mol. The molecule has 3 nitrogen and oxygen atoms in total. The number of rotatable bonds is 4. The van der Waals surface area contributed by atoms with Gasteiger partial charge in [0.15, 0.2) is 0 Å². The number of carboxylic acid groups (broad SMARTS) is 1. The molecule has 0 fully saturated rings. The lowest BCUT2D eigenvalue weighted by atomic mass is 10.0. The van der Waals surface area contributed by atoms with Crippen molar-refractivity contribution in [2.24, 2.45) is 0 Å². The Bertz CT molecular complexity index is 591. The molecular formula is C15H13FO3. The Labute approximate surface area is 110 Å². The third-order valence-corrected chi connectivity index (χ3v) is 2.79. The Morgan fingerprint density at radius 3 is 2.47 bits per heavy atom. The van der Waals surface area contributed by atoms with Crippen LogP contribution in [0.2, 0.25) is 0 Å². The lowest BCUT2D eigenvalue weighted by molar-refractivity contribution is -0.136. The summed E-state index contributed by atoms with van der Waals surface area (Å²) in [7, 11) is 1.56. The zero-order chi connectivity index (χ0) is 13.8. The van der Waals surface area contributed by atoms with Gasteiger partial charge in [-0.3, -0.25) is 4.79 Å². The van der Waals surface area contributed by atoms with E-state index in [4.69, 9.17) is 9.84 Å². The smallest absolute Gasteiger partial charge is 0.307 e. The molecule has 4 heteroatoms. The lowest BCUT2D eigenvalue weighted by Crippen LogP contribution is -2.00. The maximum atomic E-state index is 13.8. The minimum Gasteiger partial charge on any atom is -0.497 e. The standard InChI is InChI=1S/C15H13FO3/c1-19-12-5-3-11(4-6-12)13-8-10(9-15(17)18)2-7-14(13)16/h2-8H,9H2,1H3,(H,17,18). The van der Waals surface area contributed by atoms with Gasteiger partial charge in [-0.1, -0.05) is 18.2 Å². The van der Waals surface area contributed by atoms with E-state index in [0.717, 1.165) is 0 Å². The van der Waals surface area contributed by atoms with Gasteiger partial charge >= 0.3 is 5.97 Å². The van der Waals surface area contributed by atoms with Crippen molar-refractivity contribution in [1.82, 2.24) is 0 Å². The molecule has 0 saturated heterocycles. The average Bonchev–Trinajstić information content (AvgIpc) is 2.40. The largest absolute Gasteiger partial charge is 0.497 e. The van der Waals surface area contributed by atoms with Crippen molar-refractivity contribution < 1.29 is 19.0 Å². The number of hydrogen-bond acceptors (Lipinski definition) is 2. The summed E-state index contributed by atoms with van der Waals surface area (Å²) in [6.07, 6.45) is -0.122. The fourth-order valence-electron chi connectivity index (χ4n) is 1.85. The minimum atomic E-state index is -0.938. The molecule has 0 amide bonds. The molecule has 0 aromatic heterocycles. The zero-order valence-corrected chi connectivity index (χ0v) is 10.4. The topological polar surface area (TPSA) is 46.5 Å². The van der Waals surface area contributed by atoms with Crippen LogP contribution in [0.4, 0.5) is 4.39 Å². The number of methoxy groups -OCH3 is 1. The van der Waals surface area contributed by atoms with Crippen LogP contribution in [0, 0.1) is 5.82 Å². The number of hydrogen-bond donors (Lipinski definition) is 1. The molecule has 2 rings (SSSR count). The molecule has 19 heavy (non-hydrogen) atoms. The monoisotopic (exact) mass is 260 g/mol. The number of carboxylic acids is 1. The van der Waals surface area contributed by atoms with Gasteiger partial charge in [0, 0.05) is 5.56 Å². The SMILES string of the molecule is COc1ccc(-c2cc(CC(=O)O)ccc2F)cc1. The van der Waals surface area contributed by atoms with Crippen LogP contribution < -0.4 is 4.74 Å². The maximum absolute atomic E-state index is 13.8. The highest BCUT2D eigenvalue weighted by Gasteiger charge is 2.08. The van der Waals surface area contributed by atoms with Crippen LogP contribution in [-0.2, 0) is 11.2 Å². The number of benzene rings is 2. The van der Waals surface area contributed by atoms with Crippen molar-refractivity contribution in [2.45, 2.75) is 6.42 Å². The van der Waals surface area contributed by atoms with Crippen molar-refractivity contribution in [3.63, 3.8) is 0 Å². The molecule has 98 valence electrons. The Morgan fingerprint density at radius 2 is 1.89 bits per heavy atom. The fraction of sp³-hybridized carbons (Fsp3) is 0.133. The van der Waals surface area contributed by atoms with E-state index < -0.39 is 5.97 Å². The van der Waals surface area contributed by atoms with Gasteiger partial charge in [0.2, 0.25) is 0 Å².